The predicted octanol–water partition coefficient (Wildman–Crippen LogP) is 1.88. The van der Waals surface area contributed by atoms with Crippen molar-refractivity contribution < 1.29 is 0 Å². The van der Waals surface area contributed by atoms with E-state index in [0.717, 1.165) is 17.4 Å². The van der Waals surface area contributed by atoms with Crippen molar-refractivity contribution in [2.75, 3.05) is 6.54 Å². The molecule has 1 aliphatic rings. The van der Waals surface area contributed by atoms with Crippen LogP contribution in [0.3, 0.4) is 0 Å². The van der Waals surface area contributed by atoms with Crippen molar-refractivity contribution >= 4 is 16.6 Å². The molecule has 1 unspecified atom stereocenters. The topological polar surface area (TPSA) is 55.4 Å². The van der Waals surface area contributed by atoms with E-state index in [1.807, 2.05) is 24.3 Å². The lowest BCUT2D eigenvalue weighted by Crippen LogP contribution is -2.41. The van der Waals surface area contributed by atoms with Crippen LogP contribution in [-0.4, -0.2) is 36.7 Å². The van der Waals surface area contributed by atoms with Gasteiger partial charge in [-0.15, -0.1) is 5.10 Å². The van der Waals surface area contributed by atoms with Gasteiger partial charge in [0, 0.05) is 18.0 Å². The highest BCUT2D eigenvalue weighted by atomic mass is 16.2. The molecule has 6 heteroatoms. The molecule has 2 aromatic heterocycles. The monoisotopic (exact) mass is 297 g/mol. The number of piperidine rings is 1. The smallest absolute Gasteiger partial charge is 0.282 e. The van der Waals surface area contributed by atoms with Crippen LogP contribution in [0.2, 0.25) is 0 Å². The molecule has 4 rings (SSSR count). The van der Waals surface area contributed by atoms with Gasteiger partial charge in [-0.05, 0) is 31.9 Å². The van der Waals surface area contributed by atoms with Crippen molar-refractivity contribution in [1.82, 2.24) is 24.1 Å². The fourth-order valence-corrected chi connectivity index (χ4v) is 3.24. The Hall–Kier alpha value is -2.21. The molecule has 0 radical (unpaired) electrons. The predicted molar refractivity (Wildman–Crippen MR) is 84.8 cm³/mol. The summed E-state index contributed by atoms with van der Waals surface area (Å²) in [5.41, 5.74) is 1.42. The molecule has 1 saturated heterocycles. The number of nitrogens with zero attached hydrogens (tertiary/aromatic N) is 5. The quantitative estimate of drug-likeness (QED) is 0.724. The Labute approximate surface area is 128 Å². The van der Waals surface area contributed by atoms with Crippen LogP contribution in [0.15, 0.2) is 35.4 Å². The molecular weight excluding hydrogens is 278 g/mol. The van der Waals surface area contributed by atoms with E-state index in [1.54, 1.807) is 11.0 Å². The minimum absolute atomic E-state index is 0.119. The second-order valence-corrected chi connectivity index (χ2v) is 6.04. The first-order valence-corrected chi connectivity index (χ1v) is 7.81. The van der Waals surface area contributed by atoms with Crippen molar-refractivity contribution in [2.45, 2.75) is 38.9 Å². The normalized spacial score (nSPS) is 20.0. The summed E-state index contributed by atoms with van der Waals surface area (Å²) in [4.78, 5) is 19.2. The maximum absolute atomic E-state index is 12.5. The van der Waals surface area contributed by atoms with Gasteiger partial charge in [0.1, 0.15) is 6.33 Å². The van der Waals surface area contributed by atoms with Crippen LogP contribution in [-0.2, 0) is 6.67 Å². The minimum atomic E-state index is -0.119. The van der Waals surface area contributed by atoms with E-state index in [1.165, 1.54) is 23.7 Å². The van der Waals surface area contributed by atoms with Crippen LogP contribution in [0.25, 0.3) is 16.6 Å². The lowest BCUT2D eigenvalue weighted by Gasteiger charge is -2.32. The maximum Gasteiger partial charge on any atom is 0.352 e. The first kappa shape index (κ1) is 13.5. The lowest BCUT2D eigenvalue weighted by molar-refractivity contribution is 0.113. The summed E-state index contributed by atoms with van der Waals surface area (Å²) in [5.74, 6) is 0. The fourth-order valence-electron chi connectivity index (χ4n) is 3.24. The number of para-hydroxylation sites is 1. The van der Waals surface area contributed by atoms with Gasteiger partial charge in [0.2, 0.25) is 0 Å². The maximum atomic E-state index is 12.5. The Morgan fingerprint density at radius 1 is 1.27 bits per heavy atom. The largest absolute Gasteiger partial charge is 0.352 e. The van der Waals surface area contributed by atoms with E-state index in [2.05, 4.69) is 21.9 Å². The summed E-state index contributed by atoms with van der Waals surface area (Å²) < 4.78 is 3.10. The minimum Gasteiger partial charge on any atom is -0.282 e. The van der Waals surface area contributed by atoms with E-state index in [-0.39, 0.29) is 5.69 Å². The summed E-state index contributed by atoms with van der Waals surface area (Å²) >= 11 is 0. The number of aromatic nitrogens is 4. The average molecular weight is 297 g/mol. The molecule has 0 spiro atoms. The standard InChI is InChI=1S/C16H19N5O/c1-12-6-4-5-9-19(12)11-21-16(22)20-10-17-14-8-3-2-7-13(14)15(20)18-21/h2-3,7-8,10,12H,4-6,9,11H2,1H3. The number of hydrogen-bond acceptors (Lipinski definition) is 4. The van der Waals surface area contributed by atoms with Gasteiger partial charge in [-0.1, -0.05) is 18.6 Å². The average Bonchev–Trinajstić information content (AvgIpc) is 2.86. The van der Waals surface area contributed by atoms with Crippen molar-refractivity contribution in [2.24, 2.45) is 0 Å². The number of hydrogen-bond donors (Lipinski definition) is 0. The van der Waals surface area contributed by atoms with Crippen LogP contribution < -0.4 is 5.69 Å². The number of fused-ring (bicyclic) bond motifs is 3. The van der Waals surface area contributed by atoms with Gasteiger partial charge < -0.3 is 0 Å². The van der Waals surface area contributed by atoms with Crippen molar-refractivity contribution in [3.05, 3.63) is 41.1 Å². The molecule has 22 heavy (non-hydrogen) atoms. The first-order valence-electron chi connectivity index (χ1n) is 7.81. The summed E-state index contributed by atoms with van der Waals surface area (Å²) in [6.45, 7) is 3.80. The van der Waals surface area contributed by atoms with Gasteiger partial charge in [-0.2, -0.15) is 4.68 Å². The molecule has 0 aliphatic carbocycles. The van der Waals surface area contributed by atoms with Crippen LogP contribution in [0, 0.1) is 0 Å². The highest BCUT2D eigenvalue weighted by Crippen LogP contribution is 2.17. The fraction of sp³-hybridized carbons (Fsp3) is 0.438. The first-order chi connectivity index (χ1) is 10.7. The van der Waals surface area contributed by atoms with Crippen molar-refractivity contribution in [3.63, 3.8) is 0 Å². The second-order valence-electron chi connectivity index (χ2n) is 6.04. The Morgan fingerprint density at radius 2 is 2.14 bits per heavy atom. The molecule has 1 aliphatic heterocycles. The Kier molecular flexibility index (Phi) is 3.18. The molecule has 3 heterocycles. The molecule has 114 valence electrons. The zero-order valence-electron chi connectivity index (χ0n) is 12.6. The molecule has 1 fully saturated rings. The van der Waals surface area contributed by atoms with Crippen LogP contribution >= 0.6 is 0 Å². The summed E-state index contributed by atoms with van der Waals surface area (Å²) in [6, 6.07) is 8.28. The van der Waals surface area contributed by atoms with Gasteiger partial charge in [0.05, 0.1) is 12.2 Å². The Morgan fingerprint density at radius 3 is 3.00 bits per heavy atom. The van der Waals surface area contributed by atoms with Crippen molar-refractivity contribution in [3.8, 4) is 0 Å². The summed E-state index contributed by atoms with van der Waals surface area (Å²) in [5, 5.41) is 5.46. The van der Waals surface area contributed by atoms with Gasteiger partial charge in [-0.25, -0.2) is 14.2 Å². The van der Waals surface area contributed by atoms with E-state index in [4.69, 9.17) is 0 Å². The Bertz CT molecular complexity index is 881. The van der Waals surface area contributed by atoms with Gasteiger partial charge in [0.15, 0.2) is 5.65 Å². The molecular formula is C16H19N5O. The molecule has 3 aromatic rings. The highest BCUT2D eigenvalue weighted by molar-refractivity contribution is 5.90. The third-order valence-corrected chi connectivity index (χ3v) is 4.58. The molecule has 6 nitrogen and oxygen atoms in total. The second kappa shape index (κ2) is 5.21. The highest BCUT2D eigenvalue weighted by Gasteiger charge is 2.20. The van der Waals surface area contributed by atoms with Gasteiger partial charge in [0.25, 0.3) is 0 Å². The molecule has 1 aromatic carbocycles. The van der Waals surface area contributed by atoms with Crippen LogP contribution in [0.1, 0.15) is 26.2 Å². The SMILES string of the molecule is CC1CCCCN1Cn1nc2c3ccccc3ncn2c1=O. The van der Waals surface area contributed by atoms with E-state index in [9.17, 15) is 4.79 Å². The Balaban J connectivity index is 1.80. The van der Waals surface area contributed by atoms with E-state index in [0.29, 0.717) is 18.4 Å². The number of likely N-dealkylation sites (tertiary alicyclic amines) is 1. The van der Waals surface area contributed by atoms with Gasteiger partial charge >= 0.3 is 5.69 Å². The third kappa shape index (κ3) is 2.11. The third-order valence-electron chi connectivity index (χ3n) is 4.58. The lowest BCUT2D eigenvalue weighted by atomic mass is 10.0. The summed E-state index contributed by atoms with van der Waals surface area (Å²) in [7, 11) is 0. The van der Waals surface area contributed by atoms with Crippen LogP contribution in [0.5, 0.6) is 0 Å². The molecule has 0 amide bonds. The van der Waals surface area contributed by atoms with E-state index >= 15 is 0 Å². The summed E-state index contributed by atoms with van der Waals surface area (Å²) in [6.07, 6.45) is 5.22. The molecule has 0 saturated carbocycles. The van der Waals surface area contributed by atoms with Crippen molar-refractivity contribution in [1.29, 1.82) is 0 Å². The zero-order chi connectivity index (χ0) is 15.1. The zero-order valence-corrected chi connectivity index (χ0v) is 12.6. The molecule has 0 N–H and O–H groups in total. The van der Waals surface area contributed by atoms with Crippen LogP contribution in [0.4, 0.5) is 0 Å². The number of benzene rings is 1. The number of rotatable bonds is 2. The van der Waals surface area contributed by atoms with Gasteiger partial charge in [-0.3, -0.25) is 4.90 Å². The molecule has 0 bridgehead atoms. The van der Waals surface area contributed by atoms with E-state index < -0.39 is 0 Å². The molecule has 1 atom stereocenters.